The number of amides is 2. The predicted molar refractivity (Wildman–Crippen MR) is 113 cm³/mol. The second-order valence-electron chi connectivity index (χ2n) is 9.06. The van der Waals surface area contributed by atoms with E-state index in [-0.39, 0.29) is 17.9 Å². The largest absolute Gasteiger partial charge is 0.494 e. The number of imide groups is 1. The van der Waals surface area contributed by atoms with Crippen LogP contribution in [0.4, 0.5) is 5.69 Å². The number of anilines is 1. The Labute approximate surface area is 174 Å². The van der Waals surface area contributed by atoms with Gasteiger partial charge < -0.3 is 9.64 Å². The molecule has 1 aromatic carbocycles. The van der Waals surface area contributed by atoms with Gasteiger partial charge in [-0.1, -0.05) is 39.0 Å². The smallest absolute Gasteiger partial charge is 0.292 e. The van der Waals surface area contributed by atoms with Crippen molar-refractivity contribution in [3.05, 3.63) is 24.3 Å². The molecule has 0 radical (unpaired) electrons. The summed E-state index contributed by atoms with van der Waals surface area (Å²) >= 11 is 0. The first-order valence-electron chi connectivity index (χ1n) is 11.6. The third-order valence-corrected chi connectivity index (χ3v) is 7.20. The van der Waals surface area contributed by atoms with Crippen LogP contribution in [0.15, 0.2) is 24.3 Å². The van der Waals surface area contributed by atoms with Crippen LogP contribution in [0, 0.1) is 11.8 Å². The molecule has 1 aromatic rings. The van der Waals surface area contributed by atoms with Crippen molar-refractivity contribution < 1.29 is 19.2 Å². The number of nitrogens with zero attached hydrogens (tertiary/aromatic N) is 1. The Morgan fingerprint density at radius 2 is 1.62 bits per heavy atom. The summed E-state index contributed by atoms with van der Waals surface area (Å²) in [6, 6.07) is 7.15. The molecule has 158 valence electrons. The van der Waals surface area contributed by atoms with Crippen LogP contribution in [-0.4, -0.2) is 37.6 Å². The maximum absolute atomic E-state index is 13.1. The van der Waals surface area contributed by atoms with E-state index < -0.39 is 0 Å². The number of likely N-dealkylation sites (tertiary alicyclic amines) is 1. The van der Waals surface area contributed by atoms with Gasteiger partial charge in [0.1, 0.15) is 5.75 Å². The van der Waals surface area contributed by atoms with Gasteiger partial charge in [-0.2, -0.15) is 0 Å². The van der Waals surface area contributed by atoms with E-state index in [0.29, 0.717) is 18.7 Å². The van der Waals surface area contributed by atoms with Crippen molar-refractivity contribution in [2.45, 2.75) is 70.8 Å². The summed E-state index contributed by atoms with van der Waals surface area (Å²) in [4.78, 5) is 28.5. The first-order chi connectivity index (χ1) is 14.2. The molecule has 0 aromatic heterocycles. The van der Waals surface area contributed by atoms with Gasteiger partial charge in [0, 0.05) is 0 Å². The third-order valence-electron chi connectivity index (χ3n) is 7.20. The van der Waals surface area contributed by atoms with Crippen LogP contribution in [0.1, 0.15) is 64.7 Å². The summed E-state index contributed by atoms with van der Waals surface area (Å²) < 4.78 is 5.61. The van der Waals surface area contributed by atoms with Crippen molar-refractivity contribution in [2.75, 3.05) is 24.6 Å². The molecule has 1 atom stereocenters. The van der Waals surface area contributed by atoms with Crippen molar-refractivity contribution in [3.63, 3.8) is 0 Å². The summed E-state index contributed by atoms with van der Waals surface area (Å²) in [7, 11) is 0. The average Bonchev–Trinajstić information content (AvgIpc) is 3.07. The van der Waals surface area contributed by atoms with Crippen LogP contribution in [0.2, 0.25) is 0 Å². The fraction of sp³-hybridized carbons (Fsp3) is 0.667. The van der Waals surface area contributed by atoms with Gasteiger partial charge in [-0.25, -0.2) is 4.90 Å². The summed E-state index contributed by atoms with van der Waals surface area (Å²) in [6.45, 7) is 4.80. The zero-order chi connectivity index (χ0) is 20.2. The first kappa shape index (κ1) is 20.4. The van der Waals surface area contributed by atoms with Crippen molar-refractivity contribution in [2.24, 2.45) is 11.8 Å². The lowest BCUT2D eigenvalue weighted by atomic mass is 9.75. The molecule has 5 heteroatoms. The highest BCUT2D eigenvalue weighted by Crippen LogP contribution is 2.34. The number of carbonyl (C=O) groups is 2. The number of rotatable bonds is 6. The number of ether oxygens (including phenoxy) is 1. The number of nitrogens with one attached hydrogen (secondary N) is 1. The van der Waals surface area contributed by atoms with Gasteiger partial charge in [-0.15, -0.1) is 0 Å². The standard InChI is InChI=1S/C24H34N2O3/c1-2-16-29-21-10-8-20(9-11-21)26-23(27)17-22(24(26)28)25-14-12-19(13-15-25)18-6-4-3-5-7-18/h8-11,18-19,22H,2-7,12-17H2,1H3/p+1/t22-/m0/s1. The zero-order valence-electron chi connectivity index (χ0n) is 17.7. The molecule has 4 rings (SSSR count). The quantitative estimate of drug-likeness (QED) is 0.748. The fourth-order valence-corrected chi connectivity index (χ4v) is 5.57. The second kappa shape index (κ2) is 9.29. The zero-order valence-corrected chi connectivity index (χ0v) is 17.7. The first-order valence-corrected chi connectivity index (χ1v) is 11.6. The van der Waals surface area contributed by atoms with Crippen molar-refractivity contribution in [1.82, 2.24) is 0 Å². The Balaban J connectivity index is 1.36. The van der Waals surface area contributed by atoms with Crippen molar-refractivity contribution in [3.8, 4) is 5.75 Å². The molecule has 1 aliphatic carbocycles. The molecule has 0 spiro atoms. The molecule has 1 saturated carbocycles. The van der Waals surface area contributed by atoms with Crippen LogP contribution >= 0.6 is 0 Å². The highest BCUT2D eigenvalue weighted by Gasteiger charge is 2.46. The molecule has 2 aliphatic heterocycles. The molecule has 2 amide bonds. The minimum atomic E-state index is -0.203. The number of carbonyl (C=O) groups excluding carboxylic acids is 2. The number of quaternary nitrogens is 1. The lowest BCUT2D eigenvalue weighted by Gasteiger charge is -2.37. The highest BCUT2D eigenvalue weighted by atomic mass is 16.5. The predicted octanol–water partition coefficient (Wildman–Crippen LogP) is 2.98. The van der Waals surface area contributed by atoms with Crippen LogP contribution in [0.25, 0.3) is 0 Å². The summed E-state index contributed by atoms with van der Waals surface area (Å²) in [5, 5.41) is 0. The van der Waals surface area contributed by atoms with Crippen molar-refractivity contribution in [1.29, 1.82) is 0 Å². The molecule has 0 unspecified atom stereocenters. The van der Waals surface area contributed by atoms with Crippen LogP contribution in [0.3, 0.4) is 0 Å². The van der Waals surface area contributed by atoms with E-state index in [1.807, 2.05) is 24.3 Å². The maximum atomic E-state index is 13.1. The van der Waals surface area contributed by atoms with Crippen LogP contribution in [-0.2, 0) is 9.59 Å². The van der Waals surface area contributed by atoms with Crippen LogP contribution in [0.5, 0.6) is 5.75 Å². The summed E-state index contributed by atoms with van der Waals surface area (Å²) in [5.74, 6) is 2.42. The van der Waals surface area contributed by atoms with Gasteiger partial charge in [0.25, 0.3) is 5.91 Å². The van der Waals surface area contributed by atoms with Crippen LogP contribution < -0.4 is 14.5 Å². The van der Waals surface area contributed by atoms with E-state index >= 15 is 0 Å². The number of hydrogen-bond donors (Lipinski definition) is 1. The minimum Gasteiger partial charge on any atom is -0.494 e. The van der Waals surface area contributed by atoms with Gasteiger partial charge in [0.2, 0.25) is 5.91 Å². The minimum absolute atomic E-state index is 0.0247. The van der Waals surface area contributed by atoms with Gasteiger partial charge in [-0.05, 0) is 55.4 Å². The van der Waals surface area contributed by atoms with E-state index in [0.717, 1.165) is 37.1 Å². The normalized spacial score (nSPS) is 28.7. The average molecular weight is 400 g/mol. The van der Waals surface area contributed by atoms with E-state index in [2.05, 4.69) is 6.92 Å². The number of piperidine rings is 1. The molecule has 3 aliphatic rings. The second-order valence-corrected chi connectivity index (χ2v) is 9.06. The maximum Gasteiger partial charge on any atom is 0.292 e. The number of hydrogen-bond acceptors (Lipinski definition) is 3. The van der Waals surface area contributed by atoms with E-state index in [1.165, 1.54) is 54.7 Å². The van der Waals surface area contributed by atoms with Gasteiger partial charge in [0.05, 0.1) is 31.8 Å². The van der Waals surface area contributed by atoms with Gasteiger partial charge in [-0.3, -0.25) is 9.59 Å². The molecule has 3 fully saturated rings. The molecule has 29 heavy (non-hydrogen) atoms. The number of benzene rings is 1. The fourth-order valence-electron chi connectivity index (χ4n) is 5.57. The van der Waals surface area contributed by atoms with Gasteiger partial charge in [0.15, 0.2) is 6.04 Å². The molecular weight excluding hydrogens is 364 g/mol. The van der Waals surface area contributed by atoms with E-state index in [4.69, 9.17) is 4.74 Å². The van der Waals surface area contributed by atoms with E-state index in [9.17, 15) is 9.59 Å². The SMILES string of the molecule is CCCOc1ccc(N2C(=O)C[C@H]([NH+]3CCC(C4CCCCC4)CC3)C2=O)cc1. The third kappa shape index (κ3) is 4.50. The Morgan fingerprint density at radius 3 is 2.28 bits per heavy atom. The summed E-state index contributed by atoms with van der Waals surface area (Å²) in [6.07, 6.45) is 10.7. The molecule has 2 heterocycles. The molecule has 1 N–H and O–H groups in total. The topological polar surface area (TPSA) is 51.0 Å². The van der Waals surface area contributed by atoms with Gasteiger partial charge >= 0.3 is 0 Å². The van der Waals surface area contributed by atoms with Crippen molar-refractivity contribution >= 4 is 17.5 Å². The molecule has 2 saturated heterocycles. The lowest BCUT2D eigenvalue weighted by Crippen LogP contribution is -3.17. The molecular formula is C24H35N2O3+. The van der Waals surface area contributed by atoms with E-state index in [1.54, 1.807) is 0 Å². The molecule has 5 nitrogen and oxygen atoms in total. The monoisotopic (exact) mass is 399 g/mol. The Morgan fingerprint density at radius 1 is 0.966 bits per heavy atom. The molecule has 0 bridgehead atoms. The highest BCUT2D eigenvalue weighted by molar-refractivity contribution is 6.21. The Hall–Kier alpha value is -1.88. The Bertz CT molecular complexity index is 703. The Kier molecular flexibility index (Phi) is 6.53. The summed E-state index contributed by atoms with van der Waals surface area (Å²) in [5.41, 5.74) is 0.669. The lowest BCUT2D eigenvalue weighted by molar-refractivity contribution is -0.921.